The quantitative estimate of drug-likeness (QED) is 0.679. The minimum atomic E-state index is -0.443. The Bertz CT molecular complexity index is 461. The number of likely N-dealkylation sites (tertiary alicyclic amines) is 1. The van der Waals surface area contributed by atoms with Gasteiger partial charge in [0.15, 0.2) is 0 Å². The molecule has 0 unspecified atom stereocenters. The lowest BCUT2D eigenvalue weighted by Crippen LogP contribution is -2.39. The second-order valence-electron chi connectivity index (χ2n) is 4.63. The third kappa shape index (κ3) is 3.63. The number of nitrogens with zero attached hydrogens (tertiary/aromatic N) is 3. The number of anilines is 1. The number of nitro groups is 1. The fraction of sp³-hybridized carbons (Fsp3) is 0.583. The van der Waals surface area contributed by atoms with E-state index in [9.17, 15) is 10.1 Å². The molecule has 1 aromatic rings. The molecule has 19 heavy (non-hydrogen) atoms. The van der Waals surface area contributed by atoms with Crippen LogP contribution in [0.4, 0.5) is 11.5 Å². The Kier molecular flexibility index (Phi) is 4.71. The highest BCUT2D eigenvalue weighted by Crippen LogP contribution is 2.26. The molecule has 1 fully saturated rings. The van der Waals surface area contributed by atoms with Gasteiger partial charge in [0, 0.05) is 25.2 Å². The number of piperidine rings is 1. The second kappa shape index (κ2) is 6.29. The van der Waals surface area contributed by atoms with Crippen molar-refractivity contribution in [3.05, 3.63) is 26.9 Å². The lowest BCUT2D eigenvalue weighted by Gasteiger charge is -2.31. The van der Waals surface area contributed by atoms with Gasteiger partial charge < -0.3 is 10.2 Å². The first-order valence-corrected chi connectivity index (χ1v) is 7.18. The summed E-state index contributed by atoms with van der Waals surface area (Å²) < 4.78 is 0.639. The normalized spacial score (nSPS) is 17.4. The van der Waals surface area contributed by atoms with Crippen LogP contribution in [-0.4, -0.2) is 40.5 Å². The van der Waals surface area contributed by atoms with Gasteiger partial charge in [-0.05, 0) is 35.3 Å². The van der Waals surface area contributed by atoms with Gasteiger partial charge in [0.2, 0.25) is 0 Å². The predicted octanol–water partition coefficient (Wildman–Crippen LogP) is 2.65. The van der Waals surface area contributed by atoms with E-state index < -0.39 is 4.92 Å². The molecule has 2 heterocycles. The molecule has 0 atom stereocenters. The maximum Gasteiger partial charge on any atom is 0.288 e. The molecule has 1 saturated heterocycles. The monoisotopic (exact) mass is 328 g/mol. The Hall–Kier alpha value is -1.21. The van der Waals surface area contributed by atoms with E-state index in [-0.39, 0.29) is 5.69 Å². The van der Waals surface area contributed by atoms with Crippen molar-refractivity contribution in [1.82, 2.24) is 9.88 Å². The Morgan fingerprint density at radius 2 is 2.26 bits per heavy atom. The minimum Gasteiger partial charge on any atom is -0.366 e. The van der Waals surface area contributed by atoms with Crippen molar-refractivity contribution in [2.75, 3.05) is 25.0 Å². The first-order chi connectivity index (χ1) is 9.10. The number of nitrogens with one attached hydrogen (secondary N) is 1. The average molecular weight is 329 g/mol. The lowest BCUT2D eigenvalue weighted by atomic mass is 10.1. The van der Waals surface area contributed by atoms with E-state index >= 15 is 0 Å². The first kappa shape index (κ1) is 14.2. The molecule has 104 valence electrons. The summed E-state index contributed by atoms with van der Waals surface area (Å²) in [5.41, 5.74) is -0.00164. The van der Waals surface area contributed by atoms with E-state index in [2.05, 4.69) is 38.1 Å². The minimum absolute atomic E-state index is 0.00164. The molecule has 2 rings (SSSR count). The van der Waals surface area contributed by atoms with Gasteiger partial charge in [-0.1, -0.05) is 6.92 Å². The van der Waals surface area contributed by atoms with Crippen LogP contribution < -0.4 is 5.32 Å². The highest BCUT2D eigenvalue weighted by atomic mass is 79.9. The number of hydrogen-bond acceptors (Lipinski definition) is 5. The summed E-state index contributed by atoms with van der Waals surface area (Å²) >= 11 is 3.33. The molecular weight excluding hydrogens is 312 g/mol. The summed E-state index contributed by atoms with van der Waals surface area (Å²) in [5, 5.41) is 14.0. The molecule has 1 N–H and O–H groups in total. The smallest absolute Gasteiger partial charge is 0.288 e. The van der Waals surface area contributed by atoms with Gasteiger partial charge in [0.05, 0.1) is 9.40 Å². The molecular formula is C12H17BrN4O2. The van der Waals surface area contributed by atoms with Crippen molar-refractivity contribution in [3.8, 4) is 0 Å². The maximum absolute atomic E-state index is 10.6. The third-order valence-electron chi connectivity index (χ3n) is 3.41. The molecule has 0 amide bonds. The zero-order valence-corrected chi connectivity index (χ0v) is 12.4. The Labute approximate surface area is 120 Å². The Morgan fingerprint density at radius 1 is 1.58 bits per heavy atom. The first-order valence-electron chi connectivity index (χ1n) is 6.39. The zero-order chi connectivity index (χ0) is 13.8. The van der Waals surface area contributed by atoms with E-state index in [0.29, 0.717) is 16.3 Å². The molecule has 7 heteroatoms. The average Bonchev–Trinajstić information content (AvgIpc) is 2.41. The number of pyridine rings is 1. The maximum atomic E-state index is 10.6. The molecule has 0 bridgehead atoms. The highest BCUT2D eigenvalue weighted by molar-refractivity contribution is 9.10. The third-order valence-corrected chi connectivity index (χ3v) is 4.02. The van der Waals surface area contributed by atoms with E-state index in [1.54, 1.807) is 0 Å². The van der Waals surface area contributed by atoms with Gasteiger partial charge in [0.1, 0.15) is 12.0 Å². The Balaban J connectivity index is 1.98. The molecule has 0 aromatic carbocycles. The van der Waals surface area contributed by atoms with Crippen LogP contribution in [0.5, 0.6) is 0 Å². The fourth-order valence-corrected chi connectivity index (χ4v) is 2.67. The van der Waals surface area contributed by atoms with Crippen molar-refractivity contribution in [3.63, 3.8) is 0 Å². The van der Waals surface area contributed by atoms with Crippen molar-refractivity contribution in [2.24, 2.45) is 0 Å². The second-order valence-corrected chi connectivity index (χ2v) is 5.49. The van der Waals surface area contributed by atoms with Gasteiger partial charge in [-0.2, -0.15) is 0 Å². The van der Waals surface area contributed by atoms with Crippen LogP contribution in [0.25, 0.3) is 0 Å². The Morgan fingerprint density at radius 3 is 2.79 bits per heavy atom. The molecule has 1 aliphatic rings. The highest BCUT2D eigenvalue weighted by Gasteiger charge is 2.19. The van der Waals surface area contributed by atoms with Crippen LogP contribution in [0.1, 0.15) is 19.8 Å². The molecule has 6 nitrogen and oxygen atoms in total. The lowest BCUT2D eigenvalue weighted by molar-refractivity contribution is -0.385. The predicted molar refractivity (Wildman–Crippen MR) is 77.4 cm³/mol. The van der Waals surface area contributed by atoms with Crippen LogP contribution in [-0.2, 0) is 0 Å². The number of halogens is 1. The van der Waals surface area contributed by atoms with Crippen molar-refractivity contribution >= 4 is 27.4 Å². The molecule has 1 aliphatic heterocycles. The SMILES string of the molecule is CCN1CCC(Nc2ncc([N+](=O)[O-])cc2Br)CC1. The van der Waals surface area contributed by atoms with E-state index in [1.807, 2.05) is 0 Å². The van der Waals surface area contributed by atoms with Crippen molar-refractivity contribution < 1.29 is 4.92 Å². The number of aromatic nitrogens is 1. The largest absolute Gasteiger partial charge is 0.366 e. The van der Waals surface area contributed by atoms with E-state index in [1.165, 1.54) is 12.3 Å². The van der Waals surface area contributed by atoms with Gasteiger partial charge in [-0.15, -0.1) is 0 Å². The summed E-state index contributed by atoms with van der Waals surface area (Å²) in [5.74, 6) is 0.681. The molecule has 1 aromatic heterocycles. The van der Waals surface area contributed by atoms with Gasteiger partial charge in [-0.25, -0.2) is 4.98 Å². The van der Waals surface area contributed by atoms with Crippen LogP contribution >= 0.6 is 15.9 Å². The van der Waals surface area contributed by atoms with Gasteiger partial charge >= 0.3 is 0 Å². The van der Waals surface area contributed by atoms with Crippen molar-refractivity contribution in [1.29, 1.82) is 0 Å². The topological polar surface area (TPSA) is 71.3 Å². The fourth-order valence-electron chi connectivity index (χ4n) is 2.22. The van der Waals surface area contributed by atoms with Gasteiger partial charge in [0.25, 0.3) is 5.69 Å². The summed E-state index contributed by atoms with van der Waals surface area (Å²) in [6.45, 7) is 5.42. The molecule has 0 aliphatic carbocycles. The summed E-state index contributed by atoms with van der Waals surface area (Å²) in [4.78, 5) is 16.7. The molecule has 0 saturated carbocycles. The summed E-state index contributed by atoms with van der Waals surface area (Å²) in [6, 6.07) is 1.87. The zero-order valence-electron chi connectivity index (χ0n) is 10.8. The summed E-state index contributed by atoms with van der Waals surface area (Å²) in [7, 11) is 0. The van der Waals surface area contributed by atoms with E-state index in [4.69, 9.17) is 0 Å². The van der Waals surface area contributed by atoms with Crippen LogP contribution in [0.15, 0.2) is 16.7 Å². The summed E-state index contributed by atoms with van der Waals surface area (Å²) in [6.07, 6.45) is 3.42. The van der Waals surface area contributed by atoms with E-state index in [0.717, 1.165) is 32.5 Å². The standard InChI is InChI=1S/C12H17BrN4O2/c1-2-16-5-3-9(4-6-16)15-12-11(13)7-10(8-14-12)17(18)19/h7-9H,2-6H2,1H3,(H,14,15). The van der Waals surface area contributed by atoms with Crippen LogP contribution in [0.2, 0.25) is 0 Å². The van der Waals surface area contributed by atoms with Gasteiger partial charge in [-0.3, -0.25) is 10.1 Å². The van der Waals surface area contributed by atoms with Crippen LogP contribution in [0, 0.1) is 10.1 Å². The van der Waals surface area contributed by atoms with Crippen molar-refractivity contribution in [2.45, 2.75) is 25.8 Å². The molecule has 0 radical (unpaired) electrons. The number of rotatable bonds is 4. The molecule has 0 spiro atoms. The van der Waals surface area contributed by atoms with Crippen LogP contribution in [0.3, 0.4) is 0 Å². The number of hydrogen-bond donors (Lipinski definition) is 1.